The van der Waals surface area contributed by atoms with Gasteiger partial charge in [-0.05, 0) is 64.1 Å². The fourth-order valence-corrected chi connectivity index (χ4v) is 5.27. The van der Waals surface area contributed by atoms with Gasteiger partial charge in [0.2, 0.25) is 0 Å². The third-order valence-electron chi connectivity index (χ3n) is 7.36. The van der Waals surface area contributed by atoms with Crippen LogP contribution >= 0.6 is 0 Å². The van der Waals surface area contributed by atoms with Gasteiger partial charge in [0.15, 0.2) is 14.1 Å². The molecule has 188 valence electrons. The van der Waals surface area contributed by atoms with Crippen LogP contribution in [0.15, 0.2) is 12.2 Å². The van der Waals surface area contributed by atoms with Gasteiger partial charge in [-0.2, -0.15) is 0 Å². The fraction of sp³-hybridized carbons (Fsp3) is 0.926. The summed E-state index contributed by atoms with van der Waals surface area (Å²) in [6, 6.07) is 0. The second kappa shape index (κ2) is 12.5. The van der Waals surface area contributed by atoms with Gasteiger partial charge < -0.3 is 18.6 Å². The molecule has 2 fully saturated rings. The van der Waals surface area contributed by atoms with Crippen LogP contribution in [-0.4, -0.2) is 45.1 Å². The maximum absolute atomic E-state index is 6.39. The Hall–Kier alpha value is -0.203. The normalized spacial score (nSPS) is 28.0. The Kier molecular flexibility index (Phi) is 10.9. The fourth-order valence-electron chi connectivity index (χ4n) is 4.20. The van der Waals surface area contributed by atoms with E-state index in [-0.39, 0.29) is 17.2 Å². The topological polar surface area (TPSA) is 40.2 Å². The molecular formula is C27H52O4Si. The number of ether oxygens (including phenoxy) is 3. The highest BCUT2D eigenvalue weighted by Gasteiger charge is 2.44. The monoisotopic (exact) mass is 468 g/mol. The summed E-state index contributed by atoms with van der Waals surface area (Å²) in [6.45, 7) is 18.5. The summed E-state index contributed by atoms with van der Waals surface area (Å²) < 4.78 is 24.7. The van der Waals surface area contributed by atoms with Crippen molar-refractivity contribution in [3.8, 4) is 0 Å². The molecule has 0 unspecified atom stereocenters. The van der Waals surface area contributed by atoms with E-state index >= 15 is 0 Å². The van der Waals surface area contributed by atoms with Crippen LogP contribution in [0.3, 0.4) is 0 Å². The summed E-state index contributed by atoms with van der Waals surface area (Å²) in [6.07, 6.45) is 17.7. The first-order chi connectivity index (χ1) is 15.0. The molecular weight excluding hydrogens is 416 g/mol. The summed E-state index contributed by atoms with van der Waals surface area (Å²) in [7, 11) is -1.72. The minimum absolute atomic E-state index is 0.107. The van der Waals surface area contributed by atoms with Crippen molar-refractivity contribution in [3.63, 3.8) is 0 Å². The van der Waals surface area contributed by atoms with E-state index < -0.39 is 14.1 Å². The summed E-state index contributed by atoms with van der Waals surface area (Å²) in [5, 5.41) is 0.236. The Labute approximate surface area is 199 Å². The number of epoxide rings is 1. The van der Waals surface area contributed by atoms with E-state index in [1.807, 2.05) is 13.8 Å². The second-order valence-electron chi connectivity index (χ2n) is 11.8. The van der Waals surface area contributed by atoms with Crippen LogP contribution in [-0.2, 0) is 18.6 Å². The maximum atomic E-state index is 6.39. The van der Waals surface area contributed by atoms with Crippen LogP contribution in [0.2, 0.25) is 18.1 Å². The Morgan fingerprint density at radius 1 is 0.875 bits per heavy atom. The highest BCUT2D eigenvalue weighted by molar-refractivity contribution is 6.74. The van der Waals surface area contributed by atoms with Gasteiger partial charge in [0.1, 0.15) is 6.10 Å². The van der Waals surface area contributed by atoms with Crippen LogP contribution in [0.1, 0.15) is 106 Å². The van der Waals surface area contributed by atoms with Crippen molar-refractivity contribution in [1.29, 1.82) is 0 Å². The lowest BCUT2D eigenvalue weighted by Gasteiger charge is -2.36. The first kappa shape index (κ1) is 28.0. The number of hydrogen-bond acceptors (Lipinski definition) is 4. The molecule has 0 radical (unpaired) electrons. The van der Waals surface area contributed by atoms with Gasteiger partial charge in [0, 0.05) is 6.61 Å². The van der Waals surface area contributed by atoms with E-state index in [9.17, 15) is 0 Å². The number of allylic oxidation sites excluding steroid dienone is 1. The molecule has 2 rings (SSSR count). The van der Waals surface area contributed by atoms with E-state index in [0.29, 0.717) is 12.2 Å². The summed E-state index contributed by atoms with van der Waals surface area (Å²) in [5.74, 6) is -0.507. The quantitative estimate of drug-likeness (QED) is 0.106. The van der Waals surface area contributed by atoms with Gasteiger partial charge in [0.05, 0.1) is 18.3 Å². The predicted octanol–water partition coefficient (Wildman–Crippen LogP) is 7.77. The smallest absolute Gasteiger partial charge is 0.191 e. The minimum atomic E-state index is -1.72. The molecule has 2 aliphatic rings. The summed E-state index contributed by atoms with van der Waals surface area (Å²) in [4.78, 5) is 0. The van der Waals surface area contributed by atoms with Gasteiger partial charge in [-0.3, -0.25) is 0 Å². The molecule has 32 heavy (non-hydrogen) atoms. The zero-order valence-corrected chi connectivity index (χ0v) is 23.4. The molecule has 0 aromatic rings. The molecule has 2 heterocycles. The van der Waals surface area contributed by atoms with Crippen molar-refractivity contribution in [2.45, 2.75) is 154 Å². The van der Waals surface area contributed by atoms with Crippen molar-refractivity contribution in [2.24, 2.45) is 0 Å². The minimum Gasteiger partial charge on any atom is -0.417 e. The molecule has 0 N–H and O–H groups in total. The van der Waals surface area contributed by atoms with Crippen LogP contribution in [0.25, 0.3) is 0 Å². The zero-order chi connectivity index (χ0) is 23.8. The Bertz CT molecular complexity index is 566. The van der Waals surface area contributed by atoms with Gasteiger partial charge in [-0.25, -0.2) is 0 Å². The van der Waals surface area contributed by atoms with Crippen LogP contribution in [0.5, 0.6) is 0 Å². The molecule has 2 saturated heterocycles. The average molecular weight is 469 g/mol. The van der Waals surface area contributed by atoms with Crippen molar-refractivity contribution < 1.29 is 18.6 Å². The van der Waals surface area contributed by atoms with E-state index in [2.05, 4.69) is 52.9 Å². The molecule has 0 aromatic carbocycles. The molecule has 0 aromatic heterocycles. The summed E-state index contributed by atoms with van der Waals surface area (Å²) >= 11 is 0. The molecule has 0 bridgehead atoms. The zero-order valence-electron chi connectivity index (χ0n) is 22.4. The van der Waals surface area contributed by atoms with E-state index in [1.165, 1.54) is 44.9 Å². The molecule has 0 amide bonds. The van der Waals surface area contributed by atoms with Crippen LogP contribution in [0, 0.1) is 0 Å². The molecule has 4 atom stereocenters. The standard InChI is InChI=1S/C27H52O4Si/c1-9-10-11-12-13-14-15-16-17-22-23(29-22)18-19-24-25(31-27(5,6)30-24)20-21-28-32(7,8)26(2,3)4/h16-17,22-25H,9-15,18-21H2,1-8H3/b17-16+/t22-,23-,24+,25+/m1/s1. The molecule has 2 aliphatic heterocycles. The number of rotatable bonds is 15. The SMILES string of the molecule is CCCCCCCC/C=C/[C@H]1O[C@@H]1CC[C@@H]1OC(C)(C)O[C@H]1CCO[Si](C)(C)C(C)(C)C. The number of unbranched alkanes of at least 4 members (excludes halogenated alkanes) is 6. The third-order valence-corrected chi connectivity index (χ3v) is 11.9. The predicted molar refractivity (Wildman–Crippen MR) is 137 cm³/mol. The van der Waals surface area contributed by atoms with E-state index in [1.54, 1.807) is 0 Å². The second-order valence-corrected chi connectivity index (χ2v) is 16.6. The Balaban J connectivity index is 1.65. The van der Waals surface area contributed by atoms with Gasteiger partial charge in [0.25, 0.3) is 0 Å². The van der Waals surface area contributed by atoms with E-state index in [0.717, 1.165) is 25.9 Å². The molecule has 4 nitrogen and oxygen atoms in total. The highest BCUT2D eigenvalue weighted by Crippen LogP contribution is 2.38. The van der Waals surface area contributed by atoms with Crippen molar-refractivity contribution in [1.82, 2.24) is 0 Å². The summed E-state index contributed by atoms with van der Waals surface area (Å²) in [5.41, 5.74) is 0. The lowest BCUT2D eigenvalue weighted by atomic mass is 10.0. The lowest BCUT2D eigenvalue weighted by Crippen LogP contribution is -2.41. The first-order valence-corrected chi connectivity index (χ1v) is 16.2. The van der Waals surface area contributed by atoms with Crippen LogP contribution < -0.4 is 0 Å². The molecule has 0 spiro atoms. The largest absolute Gasteiger partial charge is 0.417 e. The van der Waals surface area contributed by atoms with Gasteiger partial charge in [-0.1, -0.05) is 72.0 Å². The van der Waals surface area contributed by atoms with Crippen molar-refractivity contribution in [3.05, 3.63) is 12.2 Å². The average Bonchev–Trinajstić information content (AvgIpc) is 3.36. The molecule has 0 saturated carbocycles. The van der Waals surface area contributed by atoms with Crippen LogP contribution in [0.4, 0.5) is 0 Å². The Morgan fingerprint density at radius 2 is 1.47 bits per heavy atom. The number of hydrogen-bond donors (Lipinski definition) is 0. The first-order valence-electron chi connectivity index (χ1n) is 13.3. The highest BCUT2D eigenvalue weighted by atomic mass is 28.4. The Morgan fingerprint density at radius 3 is 2.12 bits per heavy atom. The van der Waals surface area contributed by atoms with Gasteiger partial charge >= 0.3 is 0 Å². The maximum Gasteiger partial charge on any atom is 0.191 e. The molecule has 0 aliphatic carbocycles. The van der Waals surface area contributed by atoms with Crippen molar-refractivity contribution >= 4 is 8.32 Å². The van der Waals surface area contributed by atoms with Gasteiger partial charge in [-0.15, -0.1) is 0 Å². The third kappa shape index (κ3) is 9.58. The lowest BCUT2D eigenvalue weighted by molar-refractivity contribution is -0.147. The van der Waals surface area contributed by atoms with E-state index in [4.69, 9.17) is 18.6 Å². The molecule has 5 heteroatoms. The van der Waals surface area contributed by atoms with Crippen molar-refractivity contribution in [2.75, 3.05) is 6.61 Å².